The second-order valence-electron chi connectivity index (χ2n) is 11.2. The maximum atomic E-state index is 6.18. The monoisotopic (exact) mass is 422 g/mol. The molecule has 1 aliphatic carbocycles. The fourth-order valence-electron chi connectivity index (χ4n) is 7.53. The lowest BCUT2D eigenvalue weighted by Crippen LogP contribution is -3.16. The summed E-state index contributed by atoms with van der Waals surface area (Å²) in [5, 5.41) is 6.38. The summed E-state index contributed by atoms with van der Waals surface area (Å²) in [4.78, 5) is 13.0. The number of nitrogens with one attached hydrogen (secondary N) is 3. The minimum atomic E-state index is 0.181. The van der Waals surface area contributed by atoms with Gasteiger partial charge < -0.3 is 15.1 Å². The zero-order valence-corrected chi connectivity index (χ0v) is 19.5. The molecule has 9 atom stereocenters. The quantitative estimate of drug-likeness (QED) is 0.448. The van der Waals surface area contributed by atoms with Crippen LogP contribution in [0.5, 0.6) is 0 Å². The molecule has 0 spiro atoms. The summed E-state index contributed by atoms with van der Waals surface area (Å²) < 4.78 is 0. The molecule has 5 aliphatic rings. The fourth-order valence-corrected chi connectivity index (χ4v) is 7.53. The molecule has 172 valence electrons. The van der Waals surface area contributed by atoms with Crippen molar-refractivity contribution in [3.05, 3.63) is 0 Å². The molecule has 0 aromatic heterocycles. The molecule has 4 saturated heterocycles. The molecule has 4 heterocycles. The number of fused-ring (bicyclic) bond motifs is 1. The van der Waals surface area contributed by atoms with Crippen molar-refractivity contribution in [3.8, 4) is 0 Å². The van der Waals surface area contributed by atoms with E-state index in [1.165, 1.54) is 77.5 Å². The Hall–Kier alpha value is -0.280. The minimum Gasteiger partial charge on any atom is -0.331 e. The summed E-state index contributed by atoms with van der Waals surface area (Å²) in [6.45, 7) is 5.18. The van der Waals surface area contributed by atoms with Crippen molar-refractivity contribution in [2.45, 2.75) is 82.0 Å². The third-order valence-corrected chi connectivity index (χ3v) is 9.25. The third-order valence-electron chi connectivity index (χ3n) is 9.25. The highest BCUT2D eigenvalue weighted by Gasteiger charge is 2.47. The predicted molar refractivity (Wildman–Crippen MR) is 118 cm³/mol. The van der Waals surface area contributed by atoms with Crippen LogP contribution < -0.4 is 21.0 Å². The van der Waals surface area contributed by atoms with Gasteiger partial charge in [-0.25, -0.2) is 0 Å². The molecule has 5 N–H and O–H groups in total. The van der Waals surface area contributed by atoms with Crippen LogP contribution >= 0.6 is 0 Å². The molecule has 7 nitrogen and oxygen atoms in total. The summed E-state index contributed by atoms with van der Waals surface area (Å²) in [5.41, 5.74) is 3.40. The Labute approximate surface area is 183 Å². The van der Waals surface area contributed by atoms with Gasteiger partial charge in [-0.05, 0) is 46.3 Å². The van der Waals surface area contributed by atoms with Gasteiger partial charge in [0, 0.05) is 43.7 Å². The summed E-state index contributed by atoms with van der Waals surface area (Å²) in [5.74, 6) is 2.49. The van der Waals surface area contributed by atoms with Gasteiger partial charge in [0.25, 0.3) is 0 Å². The molecular weight excluding hydrogens is 376 g/mol. The molecule has 1 saturated carbocycles. The summed E-state index contributed by atoms with van der Waals surface area (Å²) in [7, 11) is 6.77. The van der Waals surface area contributed by atoms with Crippen molar-refractivity contribution in [2.24, 2.45) is 17.8 Å². The second-order valence-corrected chi connectivity index (χ2v) is 11.2. The van der Waals surface area contributed by atoms with Crippen molar-refractivity contribution >= 4 is 0 Å². The first-order valence-corrected chi connectivity index (χ1v) is 12.8. The molecule has 30 heavy (non-hydrogen) atoms. The fraction of sp³-hybridized carbons (Fsp3) is 1.00. The summed E-state index contributed by atoms with van der Waals surface area (Å²) >= 11 is 0. The molecule has 0 aromatic rings. The zero-order chi connectivity index (χ0) is 20.7. The SMILES string of the molecule is CN(C)C1CCC(C2NOC(C3CCC[NH+]3CC3CN(C)C4CCCCC34)N2)C[NH2+]1. The van der Waals surface area contributed by atoms with Crippen LogP contribution in [0, 0.1) is 17.8 Å². The number of hydrogen-bond donors (Lipinski definition) is 4. The zero-order valence-electron chi connectivity index (χ0n) is 19.5. The van der Waals surface area contributed by atoms with Crippen molar-refractivity contribution in [1.82, 2.24) is 20.6 Å². The Balaban J connectivity index is 1.14. The Morgan fingerprint density at radius 1 is 1.10 bits per heavy atom. The highest BCUT2D eigenvalue weighted by Crippen LogP contribution is 2.38. The van der Waals surface area contributed by atoms with Gasteiger partial charge in [-0.15, -0.1) is 0 Å². The van der Waals surface area contributed by atoms with Crippen LogP contribution in [0.15, 0.2) is 0 Å². The number of piperidine rings is 1. The average molecular weight is 423 g/mol. The number of hydrogen-bond acceptors (Lipinski definition) is 5. The van der Waals surface area contributed by atoms with Crippen LogP contribution in [0.2, 0.25) is 0 Å². The van der Waals surface area contributed by atoms with E-state index >= 15 is 0 Å². The van der Waals surface area contributed by atoms with E-state index in [1.807, 2.05) is 4.90 Å². The molecule has 0 aromatic carbocycles. The van der Waals surface area contributed by atoms with E-state index in [-0.39, 0.29) is 6.23 Å². The summed E-state index contributed by atoms with van der Waals surface area (Å²) in [6.07, 6.45) is 12.1. The van der Waals surface area contributed by atoms with Crippen LogP contribution in [0.4, 0.5) is 0 Å². The van der Waals surface area contributed by atoms with E-state index in [1.54, 1.807) is 0 Å². The molecular formula is C23H46N6O+2. The largest absolute Gasteiger partial charge is 0.331 e. The van der Waals surface area contributed by atoms with Crippen LogP contribution in [0.25, 0.3) is 0 Å². The van der Waals surface area contributed by atoms with E-state index in [2.05, 4.69) is 47.1 Å². The van der Waals surface area contributed by atoms with Gasteiger partial charge in [-0.1, -0.05) is 12.8 Å². The van der Waals surface area contributed by atoms with E-state index < -0.39 is 0 Å². The summed E-state index contributed by atoms with van der Waals surface area (Å²) in [6, 6.07) is 1.47. The van der Waals surface area contributed by atoms with Crippen molar-refractivity contribution < 1.29 is 15.1 Å². The van der Waals surface area contributed by atoms with Gasteiger partial charge in [-0.3, -0.25) is 15.1 Å². The Bertz CT molecular complexity index is 568. The normalized spacial score (nSPS) is 47.8. The van der Waals surface area contributed by atoms with Gasteiger partial charge >= 0.3 is 0 Å². The molecule has 5 rings (SSSR count). The number of likely N-dealkylation sites (tertiary alicyclic amines) is 2. The van der Waals surface area contributed by atoms with Crippen LogP contribution in [-0.2, 0) is 4.84 Å². The second kappa shape index (κ2) is 9.30. The number of rotatable bonds is 5. The van der Waals surface area contributed by atoms with Gasteiger partial charge in [0.2, 0.25) is 0 Å². The molecule has 5 fully saturated rings. The number of quaternary nitrogens is 2. The first-order valence-electron chi connectivity index (χ1n) is 12.8. The Morgan fingerprint density at radius 3 is 2.77 bits per heavy atom. The molecule has 0 amide bonds. The molecule has 4 aliphatic heterocycles. The minimum absolute atomic E-state index is 0.181. The first-order chi connectivity index (χ1) is 14.6. The highest BCUT2D eigenvalue weighted by atomic mass is 16.7. The van der Waals surface area contributed by atoms with Crippen molar-refractivity contribution in [3.63, 3.8) is 0 Å². The lowest BCUT2D eigenvalue weighted by molar-refractivity contribution is -0.919. The first kappa shape index (κ1) is 21.6. The van der Waals surface area contributed by atoms with Crippen LogP contribution in [-0.4, -0.2) is 87.8 Å². The van der Waals surface area contributed by atoms with E-state index in [4.69, 9.17) is 4.84 Å². The van der Waals surface area contributed by atoms with E-state index in [0.717, 1.165) is 17.9 Å². The predicted octanol–water partition coefficient (Wildman–Crippen LogP) is -1.21. The maximum Gasteiger partial charge on any atom is 0.183 e. The van der Waals surface area contributed by atoms with Gasteiger partial charge in [0.15, 0.2) is 6.23 Å². The maximum absolute atomic E-state index is 6.18. The highest BCUT2D eigenvalue weighted by molar-refractivity contribution is 4.94. The number of nitrogens with two attached hydrogens (primary N) is 1. The molecule has 7 heteroatoms. The van der Waals surface area contributed by atoms with Gasteiger partial charge in [-0.2, -0.15) is 5.48 Å². The van der Waals surface area contributed by atoms with Crippen molar-refractivity contribution in [1.29, 1.82) is 0 Å². The lowest BCUT2D eigenvalue weighted by atomic mass is 9.79. The standard InChI is InChI=1S/C23H44N6O/c1-27(2)21-11-10-16(13-24-21)22-25-23(30-26-22)20-9-6-12-29(20)15-17-14-28(3)19-8-5-4-7-18(17)19/h16-26H,4-15H2,1-3H3/p+2. The van der Waals surface area contributed by atoms with Crippen LogP contribution in [0.1, 0.15) is 51.4 Å². The average Bonchev–Trinajstić information content (AvgIpc) is 3.48. The van der Waals surface area contributed by atoms with Gasteiger partial charge in [0.1, 0.15) is 12.2 Å². The molecule has 9 unspecified atom stereocenters. The number of hydroxylamine groups is 1. The smallest absolute Gasteiger partial charge is 0.183 e. The third kappa shape index (κ3) is 4.32. The Kier molecular flexibility index (Phi) is 6.68. The van der Waals surface area contributed by atoms with E-state index in [9.17, 15) is 0 Å². The number of nitrogens with zero attached hydrogens (tertiary/aromatic N) is 2. The van der Waals surface area contributed by atoms with Crippen molar-refractivity contribution in [2.75, 3.05) is 47.3 Å². The Morgan fingerprint density at radius 2 is 1.97 bits per heavy atom. The topological polar surface area (TPSA) is 60.8 Å². The van der Waals surface area contributed by atoms with E-state index in [0.29, 0.717) is 24.3 Å². The lowest BCUT2D eigenvalue weighted by Gasteiger charge is -2.33. The molecule has 0 bridgehead atoms. The van der Waals surface area contributed by atoms with Crippen LogP contribution in [0.3, 0.4) is 0 Å². The molecule has 0 radical (unpaired) electrons. The van der Waals surface area contributed by atoms with Gasteiger partial charge in [0.05, 0.1) is 25.8 Å².